The molecule has 0 aromatic carbocycles. The first-order chi connectivity index (χ1) is 4.84. The van der Waals surface area contributed by atoms with Crippen molar-refractivity contribution >= 4 is 6.29 Å². The van der Waals surface area contributed by atoms with Crippen molar-refractivity contribution in [3.05, 3.63) is 0 Å². The molecule has 0 amide bonds. The highest BCUT2D eigenvalue weighted by Gasteiger charge is 2.14. The highest BCUT2D eigenvalue weighted by atomic mass is 16.1. The Kier molecular flexibility index (Phi) is 2.87. The molecule has 1 aliphatic heterocycles. The van der Waals surface area contributed by atoms with Gasteiger partial charge in [-0.3, -0.25) is 4.90 Å². The molecule has 2 heteroatoms. The lowest BCUT2D eigenvalue weighted by atomic mass is 10.1. The third-order valence-electron chi connectivity index (χ3n) is 2.16. The van der Waals surface area contributed by atoms with E-state index in [1.807, 2.05) is 6.92 Å². The molecule has 0 saturated carbocycles. The van der Waals surface area contributed by atoms with Crippen LogP contribution in [0.25, 0.3) is 0 Å². The van der Waals surface area contributed by atoms with Crippen molar-refractivity contribution in [2.75, 3.05) is 13.1 Å². The molecule has 1 rings (SSSR count). The number of piperidine rings is 1. The van der Waals surface area contributed by atoms with Gasteiger partial charge in [0.25, 0.3) is 0 Å². The molecule has 1 atom stereocenters. The van der Waals surface area contributed by atoms with Crippen LogP contribution >= 0.6 is 0 Å². The predicted molar refractivity (Wildman–Crippen MR) is 41.0 cm³/mol. The molecule has 10 heavy (non-hydrogen) atoms. The van der Waals surface area contributed by atoms with Crippen molar-refractivity contribution in [2.45, 2.75) is 32.2 Å². The second-order valence-corrected chi connectivity index (χ2v) is 2.97. The van der Waals surface area contributed by atoms with Gasteiger partial charge in [-0.2, -0.15) is 0 Å². The molecule has 0 bridgehead atoms. The van der Waals surface area contributed by atoms with Gasteiger partial charge in [0, 0.05) is 0 Å². The maximum Gasteiger partial charge on any atom is 0.136 e. The van der Waals surface area contributed by atoms with Crippen LogP contribution in [0.3, 0.4) is 0 Å². The number of carbonyl (C=O) groups is 1. The molecule has 0 aromatic rings. The molecule has 0 aromatic heterocycles. The molecule has 0 radical (unpaired) electrons. The molecular formula is C8H15NO. The average Bonchev–Trinajstić information content (AvgIpc) is 2.05. The van der Waals surface area contributed by atoms with Crippen molar-refractivity contribution in [1.29, 1.82) is 0 Å². The predicted octanol–water partition coefficient (Wildman–Crippen LogP) is 1.06. The fraction of sp³-hybridized carbons (Fsp3) is 0.875. The summed E-state index contributed by atoms with van der Waals surface area (Å²) in [4.78, 5) is 12.6. The third-order valence-corrected chi connectivity index (χ3v) is 2.16. The van der Waals surface area contributed by atoms with Crippen molar-refractivity contribution in [3.8, 4) is 0 Å². The number of hydrogen-bond acceptors (Lipinski definition) is 2. The van der Waals surface area contributed by atoms with Crippen LogP contribution in [0.2, 0.25) is 0 Å². The topological polar surface area (TPSA) is 20.3 Å². The zero-order valence-corrected chi connectivity index (χ0v) is 6.55. The molecule has 2 nitrogen and oxygen atoms in total. The first-order valence-corrected chi connectivity index (χ1v) is 4.04. The quantitative estimate of drug-likeness (QED) is 0.536. The van der Waals surface area contributed by atoms with Crippen molar-refractivity contribution < 1.29 is 4.79 Å². The van der Waals surface area contributed by atoms with Crippen LogP contribution in [-0.4, -0.2) is 30.3 Å². The Bertz CT molecular complexity index is 108. The van der Waals surface area contributed by atoms with Crippen LogP contribution in [0.15, 0.2) is 0 Å². The lowest BCUT2D eigenvalue weighted by molar-refractivity contribution is -0.112. The molecule has 1 heterocycles. The monoisotopic (exact) mass is 141 g/mol. The van der Waals surface area contributed by atoms with E-state index in [4.69, 9.17) is 0 Å². The Morgan fingerprint density at radius 3 is 2.40 bits per heavy atom. The van der Waals surface area contributed by atoms with Crippen molar-refractivity contribution in [2.24, 2.45) is 0 Å². The Morgan fingerprint density at radius 1 is 1.30 bits per heavy atom. The Balaban J connectivity index is 2.30. The van der Waals surface area contributed by atoms with Crippen molar-refractivity contribution in [3.63, 3.8) is 0 Å². The fourth-order valence-electron chi connectivity index (χ4n) is 1.41. The summed E-state index contributed by atoms with van der Waals surface area (Å²) in [5, 5.41) is 0. The van der Waals surface area contributed by atoms with E-state index in [2.05, 4.69) is 4.90 Å². The van der Waals surface area contributed by atoms with Gasteiger partial charge in [-0.25, -0.2) is 0 Å². The molecule has 0 aliphatic carbocycles. The van der Waals surface area contributed by atoms with Crippen LogP contribution in [-0.2, 0) is 4.79 Å². The lowest BCUT2D eigenvalue weighted by Crippen LogP contribution is -2.38. The minimum Gasteiger partial charge on any atom is -0.302 e. The largest absolute Gasteiger partial charge is 0.302 e. The molecular weight excluding hydrogens is 126 g/mol. The Hall–Kier alpha value is -0.370. The summed E-state index contributed by atoms with van der Waals surface area (Å²) < 4.78 is 0. The number of nitrogens with zero attached hydrogens (tertiary/aromatic N) is 1. The van der Waals surface area contributed by atoms with Gasteiger partial charge in [0.1, 0.15) is 6.29 Å². The summed E-state index contributed by atoms with van der Waals surface area (Å²) in [6, 6.07) is 0.139. The zero-order chi connectivity index (χ0) is 7.40. The number of likely N-dealkylation sites (tertiary alicyclic amines) is 1. The van der Waals surface area contributed by atoms with E-state index in [-0.39, 0.29) is 6.04 Å². The molecule has 1 fully saturated rings. The molecule has 1 aliphatic rings. The smallest absolute Gasteiger partial charge is 0.136 e. The average molecular weight is 141 g/mol. The summed E-state index contributed by atoms with van der Waals surface area (Å²) >= 11 is 0. The van der Waals surface area contributed by atoms with Gasteiger partial charge in [0.05, 0.1) is 6.04 Å². The van der Waals surface area contributed by atoms with E-state index in [1.54, 1.807) is 0 Å². The van der Waals surface area contributed by atoms with Crippen molar-refractivity contribution in [1.82, 2.24) is 4.90 Å². The van der Waals surface area contributed by atoms with Gasteiger partial charge in [-0.05, 0) is 32.9 Å². The van der Waals surface area contributed by atoms with Crippen LogP contribution in [0.4, 0.5) is 0 Å². The van der Waals surface area contributed by atoms with Gasteiger partial charge in [-0.1, -0.05) is 6.42 Å². The molecule has 1 unspecified atom stereocenters. The lowest BCUT2D eigenvalue weighted by Gasteiger charge is -2.28. The maximum atomic E-state index is 10.4. The summed E-state index contributed by atoms with van der Waals surface area (Å²) in [7, 11) is 0. The van der Waals surface area contributed by atoms with E-state index in [1.165, 1.54) is 19.3 Å². The van der Waals surface area contributed by atoms with E-state index in [0.717, 1.165) is 19.4 Å². The Morgan fingerprint density at radius 2 is 1.90 bits per heavy atom. The number of carbonyl (C=O) groups excluding carboxylic acids is 1. The van der Waals surface area contributed by atoms with E-state index in [0.29, 0.717) is 0 Å². The van der Waals surface area contributed by atoms with Gasteiger partial charge in [0.15, 0.2) is 0 Å². The van der Waals surface area contributed by atoms with Crippen LogP contribution in [0.1, 0.15) is 26.2 Å². The highest BCUT2D eigenvalue weighted by molar-refractivity contribution is 5.56. The van der Waals surface area contributed by atoms with Gasteiger partial charge in [0.2, 0.25) is 0 Å². The molecule has 0 N–H and O–H groups in total. The Labute approximate surface area is 62.2 Å². The van der Waals surface area contributed by atoms with Crippen LogP contribution in [0.5, 0.6) is 0 Å². The summed E-state index contributed by atoms with van der Waals surface area (Å²) in [6.45, 7) is 4.19. The number of hydrogen-bond donors (Lipinski definition) is 0. The van der Waals surface area contributed by atoms with E-state index in [9.17, 15) is 4.79 Å². The first-order valence-electron chi connectivity index (χ1n) is 4.04. The minimum atomic E-state index is 0.139. The van der Waals surface area contributed by atoms with Crippen LogP contribution in [0, 0.1) is 0 Å². The SMILES string of the molecule is CC(C=O)N1CCCCC1. The number of rotatable bonds is 2. The first kappa shape index (κ1) is 7.73. The van der Waals surface area contributed by atoms with Crippen LogP contribution < -0.4 is 0 Å². The summed E-state index contributed by atoms with van der Waals surface area (Å²) in [5.74, 6) is 0. The number of aldehydes is 1. The normalized spacial score (nSPS) is 24.1. The molecule has 1 saturated heterocycles. The fourth-order valence-corrected chi connectivity index (χ4v) is 1.41. The van der Waals surface area contributed by atoms with Gasteiger partial charge < -0.3 is 4.79 Å². The molecule has 0 spiro atoms. The highest BCUT2D eigenvalue weighted by Crippen LogP contribution is 2.10. The third kappa shape index (κ3) is 1.81. The standard InChI is InChI=1S/C8H15NO/c1-8(7-10)9-5-3-2-4-6-9/h7-8H,2-6H2,1H3. The minimum absolute atomic E-state index is 0.139. The van der Waals surface area contributed by atoms with E-state index < -0.39 is 0 Å². The zero-order valence-electron chi connectivity index (χ0n) is 6.55. The second kappa shape index (κ2) is 3.71. The summed E-state index contributed by atoms with van der Waals surface area (Å²) in [6.07, 6.45) is 4.89. The summed E-state index contributed by atoms with van der Waals surface area (Å²) in [5.41, 5.74) is 0. The van der Waals surface area contributed by atoms with Gasteiger partial charge in [-0.15, -0.1) is 0 Å². The van der Waals surface area contributed by atoms with Gasteiger partial charge >= 0.3 is 0 Å². The second-order valence-electron chi connectivity index (χ2n) is 2.97. The van der Waals surface area contributed by atoms with E-state index >= 15 is 0 Å². The maximum absolute atomic E-state index is 10.4. The molecule has 58 valence electrons.